The molecule has 1 unspecified atom stereocenters. The van der Waals surface area contributed by atoms with Gasteiger partial charge in [0.15, 0.2) is 11.6 Å². The van der Waals surface area contributed by atoms with E-state index in [9.17, 15) is 20.1 Å². The van der Waals surface area contributed by atoms with Crippen LogP contribution in [-0.2, 0) is 33.2 Å². The van der Waals surface area contributed by atoms with Crippen molar-refractivity contribution in [2.45, 2.75) is 185 Å². The zero-order valence-electron chi connectivity index (χ0n) is 30.6. The van der Waals surface area contributed by atoms with Gasteiger partial charge in [-0.1, -0.05) is 41.5 Å². The second-order valence-electron chi connectivity index (χ2n) is 16.5. The van der Waals surface area contributed by atoms with Crippen molar-refractivity contribution >= 4 is 5.97 Å². The van der Waals surface area contributed by atoms with Crippen LogP contribution in [0, 0.1) is 29.6 Å². The molecule has 1 spiro atoms. The molecule has 0 amide bonds. The quantitative estimate of drug-likeness (QED) is 0.224. The second-order valence-corrected chi connectivity index (χ2v) is 16.5. The molecular weight excluding hydrogens is 620 g/mol. The molecule has 0 aromatic carbocycles. The number of carboxylic acids is 1. The predicted molar refractivity (Wildman–Crippen MR) is 177 cm³/mol. The molecule has 5 rings (SSSR count). The number of rotatable bonds is 12. The van der Waals surface area contributed by atoms with Gasteiger partial charge in [0.25, 0.3) is 0 Å². The van der Waals surface area contributed by atoms with Crippen LogP contribution in [-0.4, -0.2) is 106 Å². The van der Waals surface area contributed by atoms with E-state index in [1.54, 1.807) is 7.11 Å². The molecule has 0 radical (unpaired) electrons. The molecule has 5 aliphatic rings. The van der Waals surface area contributed by atoms with Gasteiger partial charge in [0.05, 0.1) is 60.5 Å². The number of carboxylic acid groups (broad SMARTS) is 1. The van der Waals surface area contributed by atoms with Gasteiger partial charge in [-0.25, -0.2) is 0 Å². The van der Waals surface area contributed by atoms with Crippen LogP contribution in [0.3, 0.4) is 0 Å². The first-order valence-corrected chi connectivity index (χ1v) is 18.7. The van der Waals surface area contributed by atoms with E-state index in [-0.39, 0.29) is 72.6 Å². The minimum absolute atomic E-state index is 0.0714. The number of hydrogen-bond acceptors (Lipinski definition) is 10. The van der Waals surface area contributed by atoms with Gasteiger partial charge in [0, 0.05) is 44.1 Å². The summed E-state index contributed by atoms with van der Waals surface area (Å²) < 4.78 is 39.7. The summed E-state index contributed by atoms with van der Waals surface area (Å²) in [5, 5.41) is 41.3. The van der Waals surface area contributed by atoms with E-state index in [4.69, 9.17) is 33.5 Å². The molecule has 48 heavy (non-hydrogen) atoms. The van der Waals surface area contributed by atoms with Gasteiger partial charge in [0.2, 0.25) is 0 Å². The van der Waals surface area contributed by atoms with Crippen molar-refractivity contribution < 1.29 is 53.6 Å². The van der Waals surface area contributed by atoms with Crippen molar-refractivity contribution in [3.63, 3.8) is 0 Å². The first-order chi connectivity index (χ1) is 22.5. The normalized spacial score (nSPS) is 49.4. The van der Waals surface area contributed by atoms with Crippen LogP contribution in [0.5, 0.6) is 0 Å². The molecule has 0 aromatic rings. The maximum atomic E-state index is 11.3. The standard InChI is InChI=1S/C37H64O11/c1-9-35(33-22(3)18-28(44-33)31-21(2)17-23(4)37(42,20-38)47-31)14-13-29(45-35)34(7)15-16-36(48-34)19-26(39)24(5)32(46-36)25(6)27(43-8)11-10-12-30(40)41/h21-29,31-33,38-39,42H,9-20H2,1-8H3,(H,40,41)/t21-,22-,23+,24+,25-,26-,27-,28+,29+,31-,32-,33?,34-,35-,36-,37-/m0/s1. The molecule has 5 fully saturated rings. The van der Waals surface area contributed by atoms with Gasteiger partial charge in [-0.15, -0.1) is 0 Å². The summed E-state index contributed by atoms with van der Waals surface area (Å²) >= 11 is 0. The second kappa shape index (κ2) is 14.6. The van der Waals surface area contributed by atoms with Crippen LogP contribution in [0.1, 0.15) is 119 Å². The first-order valence-electron chi connectivity index (χ1n) is 18.7. The number of methoxy groups -OCH3 is 1. The molecule has 0 aromatic heterocycles. The van der Waals surface area contributed by atoms with Gasteiger partial charge >= 0.3 is 5.97 Å². The molecule has 0 saturated carbocycles. The SMILES string of the molecule is CC[C@@]1(C2O[C@@H]([C@H]3O[C@@](O)(CO)[C@H](C)C[C@@H]3C)C[C@@H]2C)CC[C@H]([C@]2(C)CC[C@@]3(C[C@H](O)[C@@H](C)[C@@H]([C@@H](C)[C@H](CCCC(=O)O)OC)O3)O2)O1. The van der Waals surface area contributed by atoms with Crippen LogP contribution in [0.15, 0.2) is 0 Å². The van der Waals surface area contributed by atoms with Gasteiger partial charge in [-0.05, 0) is 70.1 Å². The molecule has 278 valence electrons. The van der Waals surface area contributed by atoms with E-state index in [0.29, 0.717) is 25.7 Å². The maximum absolute atomic E-state index is 11.3. The first kappa shape index (κ1) is 38.3. The summed E-state index contributed by atoms with van der Waals surface area (Å²) in [4.78, 5) is 11.1. The Bertz CT molecular complexity index is 1110. The molecule has 0 aliphatic carbocycles. The highest BCUT2D eigenvalue weighted by molar-refractivity contribution is 5.66. The summed E-state index contributed by atoms with van der Waals surface area (Å²) in [5.41, 5.74) is -1.09. The lowest BCUT2D eigenvalue weighted by Gasteiger charge is -2.48. The van der Waals surface area contributed by atoms with Crippen LogP contribution < -0.4 is 0 Å². The zero-order chi connectivity index (χ0) is 35.2. The summed E-state index contributed by atoms with van der Waals surface area (Å²) in [5.74, 6) is -3.27. The molecule has 5 heterocycles. The minimum atomic E-state index is -1.56. The molecule has 5 aliphatic heterocycles. The van der Waals surface area contributed by atoms with Gasteiger partial charge in [-0.3, -0.25) is 4.79 Å². The van der Waals surface area contributed by atoms with Crippen LogP contribution >= 0.6 is 0 Å². The molecule has 11 heteroatoms. The Hall–Kier alpha value is -0.890. The van der Waals surface area contributed by atoms with Crippen LogP contribution in [0.2, 0.25) is 0 Å². The summed E-state index contributed by atoms with van der Waals surface area (Å²) in [6, 6.07) is 0. The fraction of sp³-hybridized carbons (Fsp3) is 0.973. The number of aliphatic hydroxyl groups excluding tert-OH is 2. The van der Waals surface area contributed by atoms with Gasteiger partial charge < -0.3 is 48.8 Å². The van der Waals surface area contributed by atoms with Crippen molar-refractivity contribution in [2.24, 2.45) is 29.6 Å². The molecular formula is C37H64O11. The summed E-state index contributed by atoms with van der Waals surface area (Å²) in [6.45, 7) is 14.2. The third-order valence-electron chi connectivity index (χ3n) is 13.1. The Morgan fingerprint density at radius 3 is 2.42 bits per heavy atom. The van der Waals surface area contributed by atoms with Crippen molar-refractivity contribution in [1.29, 1.82) is 0 Å². The summed E-state index contributed by atoms with van der Waals surface area (Å²) in [7, 11) is 1.65. The molecule has 11 nitrogen and oxygen atoms in total. The Labute approximate surface area is 287 Å². The van der Waals surface area contributed by atoms with Crippen molar-refractivity contribution in [3.8, 4) is 0 Å². The average Bonchev–Trinajstić information content (AvgIpc) is 3.75. The monoisotopic (exact) mass is 684 g/mol. The fourth-order valence-corrected chi connectivity index (χ4v) is 9.97. The maximum Gasteiger partial charge on any atom is 0.303 e. The van der Waals surface area contributed by atoms with E-state index in [2.05, 4.69) is 34.6 Å². The van der Waals surface area contributed by atoms with E-state index in [0.717, 1.165) is 38.5 Å². The molecule has 16 atom stereocenters. The molecule has 5 saturated heterocycles. The number of aliphatic carboxylic acids is 1. The van der Waals surface area contributed by atoms with Crippen LogP contribution in [0.4, 0.5) is 0 Å². The highest BCUT2D eigenvalue weighted by Gasteiger charge is 2.62. The van der Waals surface area contributed by atoms with Crippen LogP contribution in [0.25, 0.3) is 0 Å². The van der Waals surface area contributed by atoms with E-state index in [1.807, 2.05) is 13.8 Å². The fourth-order valence-electron chi connectivity index (χ4n) is 9.97. The lowest BCUT2D eigenvalue weighted by atomic mass is 9.79. The minimum Gasteiger partial charge on any atom is -0.481 e. The average molecular weight is 685 g/mol. The van der Waals surface area contributed by atoms with Crippen molar-refractivity contribution in [3.05, 3.63) is 0 Å². The van der Waals surface area contributed by atoms with E-state index >= 15 is 0 Å². The Kier molecular flexibility index (Phi) is 11.7. The number of hydrogen-bond donors (Lipinski definition) is 4. The molecule has 0 bridgehead atoms. The predicted octanol–water partition coefficient (Wildman–Crippen LogP) is 4.81. The molecule has 4 N–H and O–H groups in total. The topological polar surface area (TPSA) is 153 Å². The van der Waals surface area contributed by atoms with E-state index < -0.39 is 41.5 Å². The Morgan fingerprint density at radius 2 is 1.77 bits per heavy atom. The lowest BCUT2D eigenvalue weighted by molar-refractivity contribution is -0.336. The largest absolute Gasteiger partial charge is 0.481 e. The van der Waals surface area contributed by atoms with Gasteiger partial charge in [-0.2, -0.15) is 0 Å². The van der Waals surface area contributed by atoms with Crippen molar-refractivity contribution in [2.75, 3.05) is 13.7 Å². The highest BCUT2D eigenvalue weighted by atomic mass is 16.7. The number of carbonyl (C=O) groups is 1. The highest BCUT2D eigenvalue weighted by Crippen LogP contribution is 2.55. The third kappa shape index (κ3) is 7.24. The summed E-state index contributed by atoms with van der Waals surface area (Å²) in [6.07, 6.45) is 5.04. The third-order valence-corrected chi connectivity index (χ3v) is 13.1. The number of ether oxygens (including phenoxy) is 6. The lowest BCUT2D eigenvalue weighted by Crippen LogP contribution is -2.56. The number of aliphatic hydroxyl groups is 3. The Morgan fingerprint density at radius 1 is 1.04 bits per heavy atom. The zero-order valence-corrected chi connectivity index (χ0v) is 30.6. The smallest absolute Gasteiger partial charge is 0.303 e. The Balaban J connectivity index is 1.26. The van der Waals surface area contributed by atoms with E-state index in [1.165, 1.54) is 0 Å². The van der Waals surface area contributed by atoms with Gasteiger partial charge in [0.1, 0.15) is 0 Å². The van der Waals surface area contributed by atoms with Crippen molar-refractivity contribution in [1.82, 2.24) is 0 Å².